The lowest BCUT2D eigenvalue weighted by molar-refractivity contribution is -0.159. The smallest absolute Gasteiger partial charge is 0.168 e. The first-order chi connectivity index (χ1) is 38.8. The van der Waals surface area contributed by atoms with Gasteiger partial charge in [0, 0.05) is 59.6 Å². The molecular formula is C68H125N3O14. The van der Waals surface area contributed by atoms with Crippen LogP contribution < -0.4 is 17.2 Å². The summed E-state index contributed by atoms with van der Waals surface area (Å²) in [6.45, 7) is 33.9. The van der Waals surface area contributed by atoms with Gasteiger partial charge in [0.15, 0.2) is 40.5 Å². The number of carbonyl (C=O) groups is 7. The molecule has 7 rings (SSSR count). The molecule has 7 aliphatic rings. The first kappa shape index (κ1) is 80.3. The number of hydrogen-bond donors (Lipinski definition) is 10. The third-order valence-corrected chi connectivity index (χ3v) is 19.2. The summed E-state index contributed by atoms with van der Waals surface area (Å²) in [5.74, 6) is 1.11. The fourth-order valence-corrected chi connectivity index (χ4v) is 13.3. The maximum absolute atomic E-state index is 11.7. The zero-order chi connectivity index (χ0) is 66.2. The Morgan fingerprint density at radius 2 is 0.612 bits per heavy atom. The number of rotatable bonds is 14. The molecule has 7 fully saturated rings. The Balaban J connectivity index is 0.000000496. The number of carbonyl (C=O) groups excluding carboxylic acids is 7. The molecule has 496 valence electrons. The van der Waals surface area contributed by atoms with Crippen LogP contribution in [0.5, 0.6) is 0 Å². The van der Waals surface area contributed by atoms with Gasteiger partial charge in [-0.2, -0.15) is 0 Å². The van der Waals surface area contributed by atoms with E-state index in [4.69, 9.17) is 17.2 Å². The molecule has 0 saturated heterocycles. The van der Waals surface area contributed by atoms with Crippen LogP contribution in [0.1, 0.15) is 266 Å². The number of ketones is 7. The lowest BCUT2D eigenvalue weighted by atomic mass is 9.66. The minimum absolute atomic E-state index is 0.0104. The predicted molar refractivity (Wildman–Crippen MR) is 336 cm³/mol. The van der Waals surface area contributed by atoms with Crippen molar-refractivity contribution in [1.29, 1.82) is 0 Å². The zero-order valence-electron chi connectivity index (χ0n) is 56.4. The summed E-state index contributed by atoms with van der Waals surface area (Å²) in [6.07, 6.45) is 16.9. The van der Waals surface area contributed by atoms with Gasteiger partial charge in [-0.15, -0.1) is 0 Å². The molecule has 17 heteroatoms. The predicted octanol–water partition coefficient (Wildman–Crippen LogP) is 8.80. The van der Waals surface area contributed by atoms with Crippen molar-refractivity contribution in [3.63, 3.8) is 0 Å². The van der Waals surface area contributed by atoms with Gasteiger partial charge >= 0.3 is 0 Å². The summed E-state index contributed by atoms with van der Waals surface area (Å²) in [7, 11) is 0. The van der Waals surface area contributed by atoms with Crippen LogP contribution in [-0.4, -0.2) is 134 Å². The highest BCUT2D eigenvalue weighted by Gasteiger charge is 2.50. The van der Waals surface area contributed by atoms with Gasteiger partial charge in [0.2, 0.25) is 0 Å². The van der Waals surface area contributed by atoms with Crippen molar-refractivity contribution in [2.45, 2.75) is 323 Å². The van der Waals surface area contributed by atoms with Crippen LogP contribution in [0.4, 0.5) is 0 Å². The third-order valence-electron chi connectivity index (χ3n) is 19.2. The van der Waals surface area contributed by atoms with Crippen molar-refractivity contribution in [2.24, 2.45) is 82.3 Å². The summed E-state index contributed by atoms with van der Waals surface area (Å²) in [5.41, 5.74) is 9.40. The van der Waals surface area contributed by atoms with E-state index in [1.54, 1.807) is 27.7 Å². The van der Waals surface area contributed by atoms with E-state index < -0.39 is 39.2 Å². The fourth-order valence-electron chi connectivity index (χ4n) is 13.3. The second kappa shape index (κ2) is 33.9. The monoisotopic (exact) mass is 1210 g/mol. The van der Waals surface area contributed by atoms with E-state index in [1.165, 1.54) is 0 Å². The highest BCUT2D eigenvalue weighted by Crippen LogP contribution is 2.41. The van der Waals surface area contributed by atoms with Gasteiger partial charge in [-0.3, -0.25) is 33.6 Å². The van der Waals surface area contributed by atoms with Crippen LogP contribution in [0.25, 0.3) is 0 Å². The molecule has 0 aromatic heterocycles. The summed E-state index contributed by atoms with van der Waals surface area (Å²) in [4.78, 5) is 80.9. The Labute approximate surface area is 513 Å². The Morgan fingerprint density at radius 1 is 0.306 bits per heavy atom. The molecule has 10 unspecified atom stereocenters. The van der Waals surface area contributed by atoms with Crippen molar-refractivity contribution < 1.29 is 69.3 Å². The van der Waals surface area contributed by atoms with Crippen LogP contribution in [0.15, 0.2) is 0 Å². The molecule has 85 heavy (non-hydrogen) atoms. The molecule has 0 aromatic carbocycles. The average Bonchev–Trinajstić information content (AvgIpc) is 4.21. The Morgan fingerprint density at radius 3 is 0.906 bits per heavy atom. The maximum atomic E-state index is 11.7. The topological polar surface area (TPSA) is 339 Å². The fraction of sp³-hybridized carbons (Fsp3) is 0.897. The first-order valence-electron chi connectivity index (χ1n) is 32.9. The number of nitrogens with two attached hydrogens (primary N) is 3. The van der Waals surface area contributed by atoms with Gasteiger partial charge in [-0.1, -0.05) is 137 Å². The normalized spacial score (nSPS) is 35.8. The zero-order valence-corrected chi connectivity index (χ0v) is 56.4. The van der Waals surface area contributed by atoms with Gasteiger partial charge in [-0.05, 0) is 152 Å². The van der Waals surface area contributed by atoms with Gasteiger partial charge in [0.1, 0.15) is 39.2 Å². The second-order valence-electron chi connectivity index (χ2n) is 29.7. The molecule has 0 radical (unpaired) electrons. The molecule has 0 heterocycles. The molecule has 17 nitrogen and oxygen atoms in total. The van der Waals surface area contributed by atoms with Gasteiger partial charge < -0.3 is 52.9 Å². The van der Waals surface area contributed by atoms with E-state index in [9.17, 15) is 69.3 Å². The van der Waals surface area contributed by atoms with Crippen LogP contribution in [0, 0.1) is 65.1 Å². The van der Waals surface area contributed by atoms with Crippen LogP contribution in [-0.2, 0) is 33.6 Å². The molecule has 13 N–H and O–H groups in total. The molecule has 0 aliphatic heterocycles. The largest absolute Gasteiger partial charge is 0.382 e. The lowest BCUT2D eigenvalue weighted by Crippen LogP contribution is -2.57. The minimum Gasteiger partial charge on any atom is -0.382 e. The van der Waals surface area contributed by atoms with E-state index in [2.05, 4.69) is 20.8 Å². The van der Waals surface area contributed by atoms with Gasteiger partial charge in [0.05, 0.1) is 0 Å². The lowest BCUT2D eigenvalue weighted by Gasteiger charge is -2.43. The molecule has 10 atom stereocenters. The van der Waals surface area contributed by atoms with Crippen molar-refractivity contribution in [2.75, 3.05) is 0 Å². The van der Waals surface area contributed by atoms with Gasteiger partial charge in [-0.25, -0.2) is 0 Å². The van der Waals surface area contributed by atoms with E-state index in [0.717, 1.165) is 70.6 Å². The standard InChI is InChI=1S/2C11H20O2.C10H19NO2.C10H18O2.C9H17NO2.C9H16O2.C8H15NO2/c1-8(2)10(12)11(13)6-4-9(3)5-7-11;1-8(2)10(12)11(13)6-4-5-9(3)7-11;1-7(2)9(12)10(13)6-4-3-5-8(10)11;1-7(2)9(11)10(12)5-4-8(3)6-10;1-6(2)8(11)9(12)5-3-4-7(9)10;1-6(2)8(10)9(11)5-4-7(9)3;1-5(2)7(10)8(11)3-6(9)4-8/h2*8-9,13H,4-7H2,1-3H3;7-8,13H,3-6,11H2,1-2H3;7-8,12H,4-6H2,1-3H3;6-7,12H,3-5,10H2,1-2H3;6-7,11H,4-5H2,1-3H3;5-6,11H,3-4,9H2,1-2H3. The highest BCUT2D eigenvalue weighted by molar-refractivity contribution is 5.92. The van der Waals surface area contributed by atoms with Gasteiger partial charge in [0.25, 0.3) is 0 Å². The molecule has 0 aromatic rings. The Bertz CT molecular complexity index is 2150. The van der Waals surface area contributed by atoms with E-state index in [1.807, 2.05) is 76.2 Å². The summed E-state index contributed by atoms with van der Waals surface area (Å²) in [5, 5.41) is 69.5. The highest BCUT2D eigenvalue weighted by atomic mass is 16.3. The summed E-state index contributed by atoms with van der Waals surface area (Å²) in [6, 6.07) is -0.703. The van der Waals surface area contributed by atoms with E-state index in [0.29, 0.717) is 88.4 Å². The third kappa shape index (κ3) is 22.3. The number of aliphatic hydroxyl groups is 7. The van der Waals surface area contributed by atoms with Crippen molar-refractivity contribution >= 4 is 40.5 Å². The second-order valence-corrected chi connectivity index (χ2v) is 29.7. The average molecular weight is 1210 g/mol. The SMILES string of the molecule is CC(C)C(=O)C1(O)CC(N)C1.CC(C)C(=O)C1(O)CCC1C.CC(C)C(=O)C1(O)CCCC1N.CC(C)C(=O)C1(O)CCCCC1N.CC1CCC(O)(C(=O)C(C)C)C1.CC1CCC(O)(C(=O)C(C)C)CC1.CC1CCCC(O)(C(=O)C(C)C)C1. The van der Waals surface area contributed by atoms with E-state index in [-0.39, 0.29) is 106 Å². The molecule has 7 aliphatic carbocycles. The number of Topliss-reactive ketones (excluding diaryl/α,β-unsaturated/α-hetero) is 7. The van der Waals surface area contributed by atoms with Crippen LogP contribution in [0.3, 0.4) is 0 Å². The van der Waals surface area contributed by atoms with Crippen molar-refractivity contribution in [3.05, 3.63) is 0 Å². The molecule has 0 spiro atoms. The summed E-state index contributed by atoms with van der Waals surface area (Å²) >= 11 is 0. The Hall–Kier alpha value is -2.71. The van der Waals surface area contributed by atoms with Crippen molar-refractivity contribution in [3.8, 4) is 0 Å². The molecule has 0 bridgehead atoms. The molecule has 0 amide bonds. The number of hydrogen-bond acceptors (Lipinski definition) is 17. The van der Waals surface area contributed by atoms with Crippen LogP contribution >= 0.6 is 0 Å². The quantitative estimate of drug-likeness (QED) is 0.0776. The van der Waals surface area contributed by atoms with Crippen molar-refractivity contribution in [1.82, 2.24) is 0 Å². The summed E-state index contributed by atoms with van der Waals surface area (Å²) < 4.78 is 0. The molecule has 7 saturated carbocycles. The molecular weight excluding hydrogens is 1080 g/mol. The van der Waals surface area contributed by atoms with E-state index >= 15 is 0 Å². The maximum Gasteiger partial charge on any atom is 0.168 e. The van der Waals surface area contributed by atoms with Crippen LogP contribution in [0.2, 0.25) is 0 Å². The first-order valence-corrected chi connectivity index (χ1v) is 32.9. The Kier molecular flexibility index (Phi) is 32.0. The minimum atomic E-state index is -1.24.